The molecule has 2 aliphatic rings. The summed E-state index contributed by atoms with van der Waals surface area (Å²) in [5.41, 5.74) is 17.8. The SMILES string of the molecule is Cc1cc2c(cc1N1c3cc4c(cc3Bc3c1cc1ccccc1c3-c1cccc3c1[nH]c1oc5ccccc5c13)oc1ccccc14)C(C)(C)CCC2(C)C. The van der Waals surface area contributed by atoms with Crippen molar-refractivity contribution in [1.82, 2.24) is 4.98 Å². The molecule has 0 radical (unpaired) electrons. The fourth-order valence-electron chi connectivity index (χ4n) is 10.4. The molecule has 0 bridgehead atoms. The van der Waals surface area contributed by atoms with E-state index < -0.39 is 0 Å². The second-order valence-electron chi connectivity index (χ2n) is 17.7. The predicted molar refractivity (Wildman–Crippen MR) is 237 cm³/mol. The van der Waals surface area contributed by atoms with E-state index in [1.165, 1.54) is 78.4 Å². The molecule has 1 aliphatic heterocycles. The number of para-hydroxylation sites is 3. The number of hydrogen-bond donors (Lipinski definition) is 1. The van der Waals surface area contributed by atoms with Gasteiger partial charge in [-0.25, -0.2) is 0 Å². The maximum atomic E-state index is 6.56. The monoisotopic (exact) mass is 724 g/mol. The Labute approximate surface area is 326 Å². The fraction of sp³-hybridized carbons (Fsp3) is 0.176. The van der Waals surface area contributed by atoms with E-state index in [0.29, 0.717) is 0 Å². The number of aryl methyl sites for hydroxylation is 1. The number of fused-ring (bicyclic) bond motifs is 12. The average molecular weight is 725 g/mol. The van der Waals surface area contributed by atoms with Crippen LogP contribution in [-0.4, -0.2) is 12.3 Å². The highest BCUT2D eigenvalue weighted by atomic mass is 16.3. The van der Waals surface area contributed by atoms with Gasteiger partial charge in [-0.15, -0.1) is 0 Å². The van der Waals surface area contributed by atoms with Gasteiger partial charge >= 0.3 is 0 Å². The molecular weight excluding hydrogens is 683 g/mol. The first-order chi connectivity index (χ1) is 27.1. The lowest BCUT2D eigenvalue weighted by molar-refractivity contribution is 0.332. The molecule has 4 nitrogen and oxygen atoms in total. The van der Waals surface area contributed by atoms with Crippen molar-refractivity contribution in [2.75, 3.05) is 4.90 Å². The number of nitrogens with zero attached hydrogens (tertiary/aromatic N) is 1. The largest absolute Gasteiger partial charge is 0.456 e. The van der Waals surface area contributed by atoms with E-state index in [0.717, 1.165) is 63.2 Å². The van der Waals surface area contributed by atoms with Gasteiger partial charge in [-0.05, 0) is 105 Å². The summed E-state index contributed by atoms with van der Waals surface area (Å²) in [6.45, 7) is 12.0. The Kier molecular flexibility index (Phi) is 6.29. The lowest BCUT2D eigenvalue weighted by Crippen LogP contribution is -2.41. The lowest BCUT2D eigenvalue weighted by atomic mass is 9.57. The maximum absolute atomic E-state index is 6.56. The van der Waals surface area contributed by atoms with Gasteiger partial charge in [-0.2, -0.15) is 0 Å². The molecule has 0 amide bonds. The van der Waals surface area contributed by atoms with Crippen molar-refractivity contribution in [3.63, 3.8) is 0 Å². The Bertz CT molecular complexity index is 3320. The number of furan rings is 2. The van der Waals surface area contributed by atoms with E-state index in [2.05, 4.69) is 160 Å². The standard InChI is InChI=1S/C51H41BN2O2/c1-28-23-36-37(51(4,5)22-21-50(36,2)3)26-39(28)54-40-25-35-31-15-8-10-19-42(31)55-44(35)27-38(40)52-47-41(54)24-29-13-6-7-14-30(29)45(47)33-17-12-18-34-46-32-16-9-11-20-43(32)56-49(46)53-48(33)34/h6-20,23-27,52-53H,21-22H2,1-5H3. The number of hydrogen-bond acceptors (Lipinski definition) is 3. The Morgan fingerprint density at radius 1 is 0.589 bits per heavy atom. The summed E-state index contributed by atoms with van der Waals surface area (Å²) in [5.74, 6) is 0. The number of aromatic nitrogens is 1. The highest BCUT2D eigenvalue weighted by Crippen LogP contribution is 2.51. The molecule has 3 aromatic heterocycles. The van der Waals surface area contributed by atoms with Crippen LogP contribution in [0.25, 0.3) is 76.8 Å². The molecule has 7 aromatic carbocycles. The van der Waals surface area contributed by atoms with Crippen LogP contribution >= 0.6 is 0 Å². The van der Waals surface area contributed by atoms with Crippen molar-refractivity contribution in [2.45, 2.75) is 58.3 Å². The Hall–Kier alpha value is -6.20. The van der Waals surface area contributed by atoms with E-state index in [1.807, 2.05) is 6.07 Å². The third kappa shape index (κ3) is 4.31. The highest BCUT2D eigenvalue weighted by Gasteiger charge is 2.39. The molecule has 5 heteroatoms. The highest BCUT2D eigenvalue weighted by molar-refractivity contribution is 6.74. The third-order valence-corrected chi connectivity index (χ3v) is 13.4. The second-order valence-corrected chi connectivity index (χ2v) is 17.7. The molecule has 10 aromatic rings. The normalized spacial score (nSPS) is 15.8. The minimum Gasteiger partial charge on any atom is -0.456 e. The number of H-pyrrole nitrogens is 1. The average Bonchev–Trinajstić information content (AvgIpc) is 3.87. The molecule has 0 saturated carbocycles. The van der Waals surface area contributed by atoms with Gasteiger partial charge in [0.2, 0.25) is 5.71 Å². The van der Waals surface area contributed by atoms with Crippen LogP contribution in [0.1, 0.15) is 57.2 Å². The molecule has 0 atom stereocenters. The van der Waals surface area contributed by atoms with Crippen molar-refractivity contribution in [1.29, 1.82) is 0 Å². The van der Waals surface area contributed by atoms with E-state index in [9.17, 15) is 0 Å². The topological polar surface area (TPSA) is 45.3 Å². The van der Waals surface area contributed by atoms with Crippen LogP contribution in [0.15, 0.2) is 130 Å². The zero-order valence-corrected chi connectivity index (χ0v) is 32.4. The van der Waals surface area contributed by atoms with Crippen molar-refractivity contribution in [3.8, 4) is 11.1 Å². The molecule has 12 rings (SSSR count). The van der Waals surface area contributed by atoms with Gasteiger partial charge in [0.1, 0.15) is 16.7 Å². The molecule has 56 heavy (non-hydrogen) atoms. The Morgan fingerprint density at radius 2 is 1.27 bits per heavy atom. The summed E-state index contributed by atoms with van der Waals surface area (Å²) in [6.07, 6.45) is 2.35. The quantitative estimate of drug-likeness (QED) is 0.181. The summed E-state index contributed by atoms with van der Waals surface area (Å²) in [4.78, 5) is 6.36. The van der Waals surface area contributed by atoms with Gasteiger partial charge in [-0.1, -0.05) is 118 Å². The van der Waals surface area contributed by atoms with Crippen LogP contribution in [0.5, 0.6) is 0 Å². The fourth-order valence-corrected chi connectivity index (χ4v) is 10.4. The number of benzene rings is 7. The van der Waals surface area contributed by atoms with Gasteiger partial charge in [0.05, 0.1) is 10.9 Å². The minimum absolute atomic E-state index is 0.0678. The molecule has 0 saturated heterocycles. The zero-order chi connectivity index (χ0) is 37.7. The first-order valence-electron chi connectivity index (χ1n) is 20.0. The van der Waals surface area contributed by atoms with Gasteiger partial charge < -0.3 is 18.7 Å². The van der Waals surface area contributed by atoms with Gasteiger partial charge in [0.25, 0.3) is 0 Å². The zero-order valence-electron chi connectivity index (χ0n) is 32.4. The van der Waals surface area contributed by atoms with Crippen LogP contribution in [0, 0.1) is 6.92 Å². The van der Waals surface area contributed by atoms with Gasteiger partial charge in [0.15, 0.2) is 7.28 Å². The summed E-state index contributed by atoms with van der Waals surface area (Å²) in [7, 11) is 0.771. The Morgan fingerprint density at radius 3 is 2.07 bits per heavy atom. The van der Waals surface area contributed by atoms with Crippen molar-refractivity contribution in [3.05, 3.63) is 138 Å². The van der Waals surface area contributed by atoms with Crippen molar-refractivity contribution >= 4 is 101 Å². The second kappa shape index (κ2) is 11.0. The smallest absolute Gasteiger partial charge is 0.206 e. The predicted octanol–water partition coefficient (Wildman–Crippen LogP) is 12.6. The Balaban J connectivity index is 1.20. The van der Waals surface area contributed by atoms with Crippen LogP contribution < -0.4 is 15.8 Å². The van der Waals surface area contributed by atoms with Crippen molar-refractivity contribution < 1.29 is 8.83 Å². The first-order valence-corrected chi connectivity index (χ1v) is 20.0. The van der Waals surface area contributed by atoms with Gasteiger partial charge in [0, 0.05) is 44.2 Å². The summed E-state index contributed by atoms with van der Waals surface area (Å²) in [5, 5.41) is 8.21. The summed E-state index contributed by atoms with van der Waals surface area (Å²) >= 11 is 0. The van der Waals surface area contributed by atoms with Crippen LogP contribution in [0.3, 0.4) is 0 Å². The van der Waals surface area contributed by atoms with E-state index in [-0.39, 0.29) is 10.8 Å². The van der Waals surface area contributed by atoms with Gasteiger partial charge in [-0.3, -0.25) is 0 Å². The number of nitrogens with one attached hydrogen (secondary N) is 1. The lowest BCUT2D eigenvalue weighted by Gasteiger charge is -2.44. The molecule has 1 aliphatic carbocycles. The summed E-state index contributed by atoms with van der Waals surface area (Å²) < 4.78 is 13.0. The van der Waals surface area contributed by atoms with Crippen molar-refractivity contribution in [2.24, 2.45) is 0 Å². The molecule has 1 N–H and O–H groups in total. The molecule has 270 valence electrons. The molecule has 4 heterocycles. The van der Waals surface area contributed by atoms with E-state index in [1.54, 1.807) is 0 Å². The maximum Gasteiger partial charge on any atom is 0.206 e. The van der Waals surface area contributed by atoms with E-state index >= 15 is 0 Å². The number of aromatic amines is 1. The first kappa shape index (κ1) is 32.1. The third-order valence-electron chi connectivity index (χ3n) is 13.4. The molecule has 0 fully saturated rings. The molecular formula is C51H41BN2O2. The van der Waals surface area contributed by atoms with Crippen LogP contribution in [0.2, 0.25) is 0 Å². The molecule has 0 unspecified atom stereocenters. The van der Waals surface area contributed by atoms with Crippen LogP contribution in [0.4, 0.5) is 17.1 Å². The van der Waals surface area contributed by atoms with E-state index in [4.69, 9.17) is 8.83 Å². The summed E-state index contributed by atoms with van der Waals surface area (Å²) in [6, 6.07) is 44.6. The van der Waals surface area contributed by atoms with Crippen LogP contribution in [-0.2, 0) is 10.8 Å². The molecule has 0 spiro atoms. The number of rotatable bonds is 2. The number of anilines is 3. The minimum atomic E-state index is 0.0678.